The fourth-order valence-corrected chi connectivity index (χ4v) is 3.19. The van der Waals surface area contributed by atoms with Crippen molar-refractivity contribution in [3.8, 4) is 11.6 Å². The molecule has 0 radical (unpaired) electrons. The molecule has 0 spiro atoms. The summed E-state index contributed by atoms with van der Waals surface area (Å²) in [6, 6.07) is 15.1. The van der Waals surface area contributed by atoms with Crippen molar-refractivity contribution in [2.45, 2.75) is 0 Å². The molecule has 138 valence electrons. The minimum absolute atomic E-state index is 0.0302. The van der Waals surface area contributed by atoms with Crippen molar-refractivity contribution in [2.75, 3.05) is 38.2 Å². The first-order valence-electron chi connectivity index (χ1n) is 8.90. The minimum atomic E-state index is 0.0302. The second-order valence-electron chi connectivity index (χ2n) is 6.35. The van der Waals surface area contributed by atoms with Crippen LogP contribution in [0.3, 0.4) is 0 Å². The Bertz CT molecular complexity index is 900. The summed E-state index contributed by atoms with van der Waals surface area (Å²) >= 11 is 0. The third-order valence-corrected chi connectivity index (χ3v) is 4.71. The van der Waals surface area contributed by atoms with Gasteiger partial charge in [0.1, 0.15) is 5.75 Å². The lowest BCUT2D eigenvalue weighted by molar-refractivity contribution is 0.0746. The molecular formula is C20H21N5O2. The molecule has 1 aliphatic rings. The average Bonchev–Trinajstić information content (AvgIpc) is 3.28. The Morgan fingerprint density at radius 1 is 0.926 bits per heavy atom. The van der Waals surface area contributed by atoms with Gasteiger partial charge in [-0.05, 0) is 42.5 Å². The van der Waals surface area contributed by atoms with E-state index in [0.29, 0.717) is 24.4 Å². The van der Waals surface area contributed by atoms with E-state index in [2.05, 4.69) is 15.1 Å². The van der Waals surface area contributed by atoms with Gasteiger partial charge in [-0.2, -0.15) is 0 Å². The lowest BCUT2D eigenvalue weighted by Crippen LogP contribution is -2.49. The Hall–Kier alpha value is -3.35. The molecule has 0 bridgehead atoms. The number of carbonyl (C=O) groups is 1. The summed E-state index contributed by atoms with van der Waals surface area (Å²) in [4.78, 5) is 16.7. The number of aromatic nitrogens is 3. The van der Waals surface area contributed by atoms with Gasteiger partial charge in [-0.25, -0.2) is 0 Å². The molecule has 1 amide bonds. The van der Waals surface area contributed by atoms with Crippen molar-refractivity contribution < 1.29 is 9.53 Å². The zero-order valence-corrected chi connectivity index (χ0v) is 15.2. The zero-order valence-electron chi connectivity index (χ0n) is 15.2. The third-order valence-electron chi connectivity index (χ3n) is 4.71. The normalized spacial score (nSPS) is 14.3. The predicted octanol–water partition coefficient (Wildman–Crippen LogP) is 2.24. The molecule has 0 saturated carbocycles. The van der Waals surface area contributed by atoms with Crippen LogP contribution in [0.5, 0.6) is 5.75 Å². The average molecular weight is 363 g/mol. The summed E-state index contributed by atoms with van der Waals surface area (Å²) < 4.78 is 7.13. The number of piperazine rings is 1. The van der Waals surface area contributed by atoms with Crippen LogP contribution in [0.1, 0.15) is 10.4 Å². The lowest BCUT2D eigenvalue weighted by Gasteiger charge is -2.35. The van der Waals surface area contributed by atoms with Crippen LogP contribution in [0, 0.1) is 0 Å². The van der Waals surface area contributed by atoms with Crippen molar-refractivity contribution in [2.24, 2.45) is 0 Å². The van der Waals surface area contributed by atoms with Gasteiger partial charge in [-0.15, -0.1) is 10.2 Å². The van der Waals surface area contributed by atoms with Crippen LogP contribution in [0.4, 0.5) is 5.82 Å². The van der Waals surface area contributed by atoms with Crippen molar-refractivity contribution in [1.82, 2.24) is 19.7 Å². The highest BCUT2D eigenvalue weighted by molar-refractivity contribution is 5.94. The van der Waals surface area contributed by atoms with Crippen LogP contribution < -0.4 is 9.64 Å². The third kappa shape index (κ3) is 3.62. The molecule has 0 aliphatic carbocycles. The largest absolute Gasteiger partial charge is 0.497 e. The number of ether oxygens (including phenoxy) is 1. The monoisotopic (exact) mass is 363 g/mol. The molecule has 7 heteroatoms. The number of hydrogen-bond acceptors (Lipinski definition) is 5. The van der Waals surface area contributed by atoms with E-state index in [1.807, 2.05) is 64.3 Å². The van der Waals surface area contributed by atoms with Gasteiger partial charge in [0.15, 0.2) is 11.6 Å². The van der Waals surface area contributed by atoms with Crippen LogP contribution in [-0.4, -0.2) is 58.9 Å². The van der Waals surface area contributed by atoms with E-state index in [4.69, 9.17) is 4.74 Å². The van der Waals surface area contributed by atoms with Gasteiger partial charge in [0.2, 0.25) is 0 Å². The van der Waals surface area contributed by atoms with E-state index in [9.17, 15) is 4.79 Å². The van der Waals surface area contributed by atoms with Gasteiger partial charge in [-0.1, -0.05) is 6.07 Å². The number of hydrogen-bond donors (Lipinski definition) is 0. The second kappa shape index (κ2) is 7.49. The Labute approximate surface area is 157 Å². The summed E-state index contributed by atoms with van der Waals surface area (Å²) in [5.74, 6) is 2.34. The first kappa shape index (κ1) is 17.1. The van der Waals surface area contributed by atoms with Gasteiger partial charge >= 0.3 is 0 Å². The second-order valence-corrected chi connectivity index (χ2v) is 6.35. The predicted molar refractivity (Wildman–Crippen MR) is 102 cm³/mol. The van der Waals surface area contributed by atoms with E-state index in [-0.39, 0.29) is 5.91 Å². The van der Waals surface area contributed by atoms with E-state index in [0.717, 1.165) is 24.7 Å². The molecule has 2 aromatic heterocycles. The maximum absolute atomic E-state index is 12.7. The maximum Gasteiger partial charge on any atom is 0.254 e. The van der Waals surface area contributed by atoms with E-state index in [1.54, 1.807) is 13.2 Å². The summed E-state index contributed by atoms with van der Waals surface area (Å²) in [6.45, 7) is 2.76. The fraction of sp³-hybridized carbons (Fsp3) is 0.250. The topological polar surface area (TPSA) is 63.5 Å². The molecule has 1 aliphatic heterocycles. The van der Waals surface area contributed by atoms with Crippen molar-refractivity contribution in [3.63, 3.8) is 0 Å². The molecule has 3 heterocycles. The Morgan fingerprint density at radius 2 is 1.63 bits per heavy atom. The van der Waals surface area contributed by atoms with E-state index in [1.165, 1.54) is 0 Å². The molecule has 1 saturated heterocycles. The van der Waals surface area contributed by atoms with Gasteiger partial charge in [0.25, 0.3) is 5.91 Å². The van der Waals surface area contributed by atoms with E-state index >= 15 is 0 Å². The standard InChI is InChI=1S/C20H21N5O2/c1-27-17-6-4-5-16(15-17)20(26)25-13-11-24(12-14-25)19-8-7-18(21-22-19)23-9-2-3-10-23/h2-10,15H,11-14H2,1H3. The molecule has 7 nitrogen and oxygen atoms in total. The van der Waals surface area contributed by atoms with Crippen molar-refractivity contribution >= 4 is 11.7 Å². The number of benzene rings is 1. The molecule has 4 rings (SSSR count). The number of methoxy groups -OCH3 is 1. The highest BCUT2D eigenvalue weighted by Crippen LogP contribution is 2.18. The molecule has 0 atom stereocenters. The SMILES string of the molecule is COc1cccc(C(=O)N2CCN(c3ccc(-n4cccc4)nn3)CC2)c1. The zero-order chi connectivity index (χ0) is 18.6. The Balaban J connectivity index is 1.39. The smallest absolute Gasteiger partial charge is 0.254 e. The highest BCUT2D eigenvalue weighted by atomic mass is 16.5. The number of rotatable bonds is 4. The molecular weight excluding hydrogens is 342 g/mol. The Morgan fingerprint density at radius 3 is 2.30 bits per heavy atom. The first-order chi connectivity index (χ1) is 13.2. The summed E-state index contributed by atoms with van der Waals surface area (Å²) in [5, 5.41) is 8.64. The van der Waals surface area contributed by atoms with Crippen molar-refractivity contribution in [1.29, 1.82) is 0 Å². The van der Waals surface area contributed by atoms with Gasteiger partial charge in [-0.3, -0.25) is 4.79 Å². The molecule has 0 unspecified atom stereocenters. The highest BCUT2D eigenvalue weighted by Gasteiger charge is 2.23. The molecule has 1 aromatic carbocycles. The van der Waals surface area contributed by atoms with Crippen LogP contribution in [0.25, 0.3) is 5.82 Å². The summed E-state index contributed by atoms with van der Waals surface area (Å²) in [5.41, 5.74) is 0.652. The first-order valence-corrected chi connectivity index (χ1v) is 8.90. The van der Waals surface area contributed by atoms with Gasteiger partial charge in [0, 0.05) is 44.1 Å². The van der Waals surface area contributed by atoms with Crippen LogP contribution >= 0.6 is 0 Å². The van der Waals surface area contributed by atoms with Gasteiger partial charge in [0.05, 0.1) is 7.11 Å². The number of nitrogens with zero attached hydrogens (tertiary/aromatic N) is 5. The molecule has 3 aromatic rings. The number of anilines is 1. The van der Waals surface area contributed by atoms with E-state index < -0.39 is 0 Å². The molecule has 0 N–H and O–H groups in total. The van der Waals surface area contributed by atoms with Crippen molar-refractivity contribution in [3.05, 3.63) is 66.5 Å². The summed E-state index contributed by atoms with van der Waals surface area (Å²) in [6.07, 6.45) is 3.87. The lowest BCUT2D eigenvalue weighted by atomic mass is 10.1. The fourth-order valence-electron chi connectivity index (χ4n) is 3.19. The van der Waals surface area contributed by atoms with Crippen LogP contribution in [-0.2, 0) is 0 Å². The maximum atomic E-state index is 12.7. The Kier molecular flexibility index (Phi) is 4.74. The van der Waals surface area contributed by atoms with Gasteiger partial charge < -0.3 is 19.1 Å². The minimum Gasteiger partial charge on any atom is -0.497 e. The van der Waals surface area contributed by atoms with Crippen LogP contribution in [0.15, 0.2) is 60.9 Å². The molecule has 27 heavy (non-hydrogen) atoms. The van der Waals surface area contributed by atoms with Crippen LogP contribution in [0.2, 0.25) is 0 Å². The quantitative estimate of drug-likeness (QED) is 0.711. The number of amides is 1. The number of carbonyl (C=O) groups excluding carboxylic acids is 1. The molecule has 1 fully saturated rings. The summed E-state index contributed by atoms with van der Waals surface area (Å²) in [7, 11) is 1.60.